The molecule has 2 N–H and O–H groups in total. The highest BCUT2D eigenvalue weighted by atomic mass is 16.5. The van der Waals surface area contributed by atoms with Gasteiger partial charge >= 0.3 is 5.97 Å². The Morgan fingerprint density at radius 3 is 2.36 bits per heavy atom. The lowest BCUT2D eigenvalue weighted by atomic mass is 10.1. The van der Waals surface area contributed by atoms with Gasteiger partial charge in [0.2, 0.25) is 0 Å². The van der Waals surface area contributed by atoms with Gasteiger partial charge in [-0.25, -0.2) is 4.79 Å². The highest BCUT2D eigenvalue weighted by molar-refractivity contribution is 5.99. The number of methoxy groups -OCH3 is 1. The number of benzene rings is 1. The quantitative estimate of drug-likeness (QED) is 0.652. The lowest BCUT2D eigenvalue weighted by molar-refractivity contribution is 0.0600. The maximum Gasteiger partial charge on any atom is 0.337 e. The topological polar surface area (TPSA) is 88.3 Å². The molecule has 0 unspecified atom stereocenters. The molecule has 0 saturated heterocycles. The smallest absolute Gasteiger partial charge is 0.337 e. The standard InChI is InChI=1S/C16H16N2O4/c1-10(19)13-7-14(17-9-13)15(20)18-8-11-3-5-12(6-4-11)16(21)22-2/h3-7,9,17H,8H2,1-2H3,(H,18,20). The van der Waals surface area contributed by atoms with Crippen LogP contribution in [0.4, 0.5) is 0 Å². The largest absolute Gasteiger partial charge is 0.465 e. The predicted octanol–water partition coefficient (Wildman–Crippen LogP) is 1.93. The third-order valence-corrected chi connectivity index (χ3v) is 3.16. The molecule has 1 aromatic carbocycles. The van der Waals surface area contributed by atoms with Gasteiger partial charge in [0.25, 0.3) is 5.91 Å². The van der Waals surface area contributed by atoms with E-state index in [-0.39, 0.29) is 11.7 Å². The van der Waals surface area contributed by atoms with Gasteiger partial charge in [-0.3, -0.25) is 9.59 Å². The molecule has 0 saturated carbocycles. The molecule has 1 heterocycles. The first-order valence-electron chi connectivity index (χ1n) is 6.66. The Hall–Kier alpha value is -2.89. The lowest BCUT2D eigenvalue weighted by Gasteiger charge is -2.05. The van der Waals surface area contributed by atoms with E-state index < -0.39 is 5.97 Å². The van der Waals surface area contributed by atoms with Crippen LogP contribution in [0.1, 0.15) is 43.7 Å². The Bertz CT molecular complexity index is 701. The normalized spacial score (nSPS) is 10.1. The van der Waals surface area contributed by atoms with Gasteiger partial charge in [0.15, 0.2) is 5.78 Å². The van der Waals surface area contributed by atoms with Crippen LogP contribution in [-0.4, -0.2) is 29.8 Å². The van der Waals surface area contributed by atoms with E-state index >= 15 is 0 Å². The molecular weight excluding hydrogens is 284 g/mol. The number of carbonyl (C=O) groups excluding carboxylic acids is 3. The first-order valence-corrected chi connectivity index (χ1v) is 6.66. The minimum Gasteiger partial charge on any atom is -0.465 e. The average Bonchev–Trinajstić information content (AvgIpc) is 3.02. The van der Waals surface area contributed by atoms with Crippen molar-refractivity contribution >= 4 is 17.7 Å². The Balaban J connectivity index is 1.95. The van der Waals surface area contributed by atoms with Crippen molar-refractivity contribution < 1.29 is 19.1 Å². The maximum absolute atomic E-state index is 11.9. The number of hydrogen-bond acceptors (Lipinski definition) is 4. The molecule has 2 rings (SSSR count). The van der Waals surface area contributed by atoms with Crippen molar-refractivity contribution in [2.24, 2.45) is 0 Å². The third-order valence-electron chi connectivity index (χ3n) is 3.16. The highest BCUT2D eigenvalue weighted by Crippen LogP contribution is 2.07. The van der Waals surface area contributed by atoms with Gasteiger partial charge in [-0.1, -0.05) is 12.1 Å². The number of rotatable bonds is 5. The second-order valence-corrected chi connectivity index (χ2v) is 4.73. The lowest BCUT2D eigenvalue weighted by Crippen LogP contribution is -2.23. The molecule has 0 fully saturated rings. The summed E-state index contributed by atoms with van der Waals surface area (Å²) in [6.07, 6.45) is 1.50. The van der Waals surface area contributed by atoms with E-state index in [9.17, 15) is 14.4 Å². The number of nitrogens with one attached hydrogen (secondary N) is 2. The van der Waals surface area contributed by atoms with Gasteiger partial charge in [-0.15, -0.1) is 0 Å². The zero-order chi connectivity index (χ0) is 16.1. The number of hydrogen-bond donors (Lipinski definition) is 2. The van der Waals surface area contributed by atoms with Crippen molar-refractivity contribution in [1.29, 1.82) is 0 Å². The van der Waals surface area contributed by atoms with Crippen LogP contribution >= 0.6 is 0 Å². The van der Waals surface area contributed by atoms with Gasteiger partial charge in [-0.05, 0) is 30.7 Å². The van der Waals surface area contributed by atoms with Crippen LogP contribution in [0.3, 0.4) is 0 Å². The van der Waals surface area contributed by atoms with Crippen molar-refractivity contribution in [2.75, 3.05) is 7.11 Å². The molecular formula is C16H16N2O4. The average molecular weight is 300 g/mol. The zero-order valence-corrected chi connectivity index (χ0v) is 12.3. The van der Waals surface area contributed by atoms with Crippen molar-refractivity contribution in [3.05, 3.63) is 58.9 Å². The fourth-order valence-corrected chi connectivity index (χ4v) is 1.88. The molecule has 0 radical (unpaired) electrons. The van der Waals surface area contributed by atoms with Crippen molar-refractivity contribution in [3.8, 4) is 0 Å². The monoisotopic (exact) mass is 300 g/mol. The van der Waals surface area contributed by atoms with Gasteiger partial charge in [0, 0.05) is 18.3 Å². The molecule has 22 heavy (non-hydrogen) atoms. The minimum absolute atomic E-state index is 0.103. The van der Waals surface area contributed by atoms with Crippen molar-refractivity contribution in [1.82, 2.24) is 10.3 Å². The summed E-state index contributed by atoms with van der Waals surface area (Å²) >= 11 is 0. The first-order chi connectivity index (χ1) is 10.5. The summed E-state index contributed by atoms with van der Waals surface area (Å²) in [6, 6.07) is 8.26. The number of H-pyrrole nitrogens is 1. The molecule has 1 aromatic heterocycles. The maximum atomic E-state index is 11.9. The fourth-order valence-electron chi connectivity index (χ4n) is 1.88. The van der Waals surface area contributed by atoms with Crippen LogP contribution in [0.15, 0.2) is 36.5 Å². The van der Waals surface area contributed by atoms with E-state index in [1.165, 1.54) is 26.3 Å². The summed E-state index contributed by atoms with van der Waals surface area (Å²) < 4.78 is 4.61. The summed E-state index contributed by atoms with van der Waals surface area (Å²) in [5, 5.41) is 2.73. The van der Waals surface area contributed by atoms with Crippen LogP contribution in [0, 0.1) is 0 Å². The van der Waals surface area contributed by atoms with Gasteiger partial charge in [0.05, 0.1) is 12.7 Å². The third kappa shape index (κ3) is 3.60. The van der Waals surface area contributed by atoms with Crippen LogP contribution < -0.4 is 5.32 Å². The number of ketones is 1. The van der Waals surface area contributed by atoms with Gasteiger partial charge in [-0.2, -0.15) is 0 Å². The van der Waals surface area contributed by atoms with Crippen LogP contribution in [0.25, 0.3) is 0 Å². The molecule has 0 aliphatic carbocycles. The van der Waals surface area contributed by atoms with Crippen LogP contribution in [0.2, 0.25) is 0 Å². The Kier molecular flexibility index (Phi) is 4.73. The number of aromatic nitrogens is 1. The second-order valence-electron chi connectivity index (χ2n) is 4.73. The van der Waals surface area contributed by atoms with Crippen LogP contribution in [-0.2, 0) is 11.3 Å². The molecule has 0 spiro atoms. The van der Waals surface area contributed by atoms with E-state index in [2.05, 4.69) is 15.0 Å². The summed E-state index contributed by atoms with van der Waals surface area (Å²) in [7, 11) is 1.32. The summed E-state index contributed by atoms with van der Waals surface area (Å²) in [4.78, 5) is 37.2. The molecule has 114 valence electrons. The van der Waals surface area contributed by atoms with Gasteiger partial charge in [0.1, 0.15) is 5.69 Å². The minimum atomic E-state index is -0.404. The Labute approximate surface area is 127 Å². The molecule has 0 atom stereocenters. The first kappa shape index (κ1) is 15.5. The summed E-state index contributed by atoms with van der Waals surface area (Å²) in [6.45, 7) is 1.75. The summed E-state index contributed by atoms with van der Waals surface area (Å²) in [5.41, 5.74) is 2.09. The molecule has 2 aromatic rings. The van der Waals surface area contributed by atoms with E-state index in [0.717, 1.165) is 5.56 Å². The molecule has 1 amide bonds. The number of Topliss-reactive ketones (excluding diaryl/α,β-unsaturated/α-hetero) is 1. The highest BCUT2D eigenvalue weighted by Gasteiger charge is 2.10. The fraction of sp³-hybridized carbons (Fsp3) is 0.188. The number of esters is 1. The number of ether oxygens (including phenoxy) is 1. The summed E-state index contributed by atoms with van der Waals surface area (Å²) in [5.74, 6) is -0.808. The SMILES string of the molecule is COC(=O)c1ccc(CNC(=O)c2cc(C(C)=O)c[nH]2)cc1. The Morgan fingerprint density at radius 1 is 1.14 bits per heavy atom. The van der Waals surface area contributed by atoms with Crippen molar-refractivity contribution in [3.63, 3.8) is 0 Å². The van der Waals surface area contributed by atoms with E-state index in [1.54, 1.807) is 24.3 Å². The number of carbonyl (C=O) groups is 3. The predicted molar refractivity (Wildman–Crippen MR) is 79.7 cm³/mol. The van der Waals surface area contributed by atoms with Crippen molar-refractivity contribution in [2.45, 2.75) is 13.5 Å². The molecule has 0 bridgehead atoms. The van der Waals surface area contributed by atoms with E-state index in [4.69, 9.17) is 0 Å². The number of amides is 1. The molecule has 0 aliphatic heterocycles. The molecule has 6 nitrogen and oxygen atoms in total. The second kappa shape index (κ2) is 6.71. The number of aromatic amines is 1. The zero-order valence-electron chi connectivity index (χ0n) is 12.3. The van der Waals surface area contributed by atoms with Crippen LogP contribution in [0.5, 0.6) is 0 Å². The molecule has 6 heteroatoms. The van der Waals surface area contributed by atoms with E-state index in [0.29, 0.717) is 23.4 Å². The molecule has 0 aliphatic rings. The van der Waals surface area contributed by atoms with Gasteiger partial charge < -0.3 is 15.0 Å². The van der Waals surface area contributed by atoms with E-state index in [1.807, 2.05) is 0 Å². The Morgan fingerprint density at radius 2 is 1.82 bits per heavy atom.